The molecule has 4 aromatic rings. The molecule has 1 aliphatic heterocycles. The number of hydrogen-bond acceptors (Lipinski definition) is 3. The van der Waals surface area contributed by atoms with Crippen LogP contribution in [0.3, 0.4) is 0 Å². The van der Waals surface area contributed by atoms with Crippen molar-refractivity contribution in [2.24, 2.45) is 0 Å². The highest BCUT2D eigenvalue weighted by atomic mass is 16.1. The Labute approximate surface area is 181 Å². The Balaban J connectivity index is 1.30. The van der Waals surface area contributed by atoms with Crippen molar-refractivity contribution in [2.75, 3.05) is 0 Å². The Bertz CT molecular complexity index is 1150. The van der Waals surface area contributed by atoms with Crippen LogP contribution in [0.1, 0.15) is 40.3 Å². The maximum Gasteiger partial charge on any atom is 0.252 e. The van der Waals surface area contributed by atoms with E-state index in [4.69, 9.17) is 0 Å². The van der Waals surface area contributed by atoms with E-state index in [2.05, 4.69) is 50.4 Å². The number of aromatic nitrogens is 4. The molecule has 0 radical (unpaired) electrons. The smallest absolute Gasteiger partial charge is 0.252 e. The monoisotopic (exact) mass is 411 g/mol. The number of benzene rings is 2. The van der Waals surface area contributed by atoms with Crippen LogP contribution < -0.4 is 5.32 Å². The predicted molar refractivity (Wildman–Crippen MR) is 120 cm³/mol. The van der Waals surface area contributed by atoms with Gasteiger partial charge in [0.1, 0.15) is 5.82 Å². The summed E-state index contributed by atoms with van der Waals surface area (Å²) < 4.78 is 4.11. The number of imidazole rings is 1. The summed E-state index contributed by atoms with van der Waals surface area (Å²) in [6.45, 7) is 2.19. The SMILES string of the molecule is O=C(NCc1cn2c(n1)CCCC2)c1ccccc1-c1ccc(Cn2cccn2)cc1. The molecular weight excluding hydrogens is 386 g/mol. The van der Waals surface area contributed by atoms with E-state index >= 15 is 0 Å². The molecule has 0 saturated heterocycles. The second-order valence-electron chi connectivity index (χ2n) is 7.93. The molecule has 5 rings (SSSR count). The number of hydrogen-bond donors (Lipinski definition) is 1. The Kier molecular flexibility index (Phi) is 5.35. The molecule has 0 bridgehead atoms. The van der Waals surface area contributed by atoms with Crippen LogP contribution >= 0.6 is 0 Å². The van der Waals surface area contributed by atoms with Crippen LogP contribution in [0.4, 0.5) is 0 Å². The minimum absolute atomic E-state index is 0.0813. The van der Waals surface area contributed by atoms with Gasteiger partial charge in [-0.15, -0.1) is 0 Å². The molecule has 0 saturated carbocycles. The molecule has 0 aliphatic carbocycles. The van der Waals surface area contributed by atoms with Gasteiger partial charge >= 0.3 is 0 Å². The zero-order valence-corrected chi connectivity index (χ0v) is 17.4. The van der Waals surface area contributed by atoms with E-state index in [0.29, 0.717) is 12.1 Å². The number of nitrogens with one attached hydrogen (secondary N) is 1. The van der Waals surface area contributed by atoms with Crippen LogP contribution in [0.5, 0.6) is 0 Å². The summed E-state index contributed by atoms with van der Waals surface area (Å²) in [6.07, 6.45) is 9.21. The summed E-state index contributed by atoms with van der Waals surface area (Å²) in [5, 5.41) is 7.30. The lowest BCUT2D eigenvalue weighted by atomic mass is 9.98. The molecule has 2 aromatic heterocycles. The summed E-state index contributed by atoms with van der Waals surface area (Å²) in [6, 6.07) is 18.0. The van der Waals surface area contributed by atoms with Crippen molar-refractivity contribution in [1.29, 1.82) is 0 Å². The van der Waals surface area contributed by atoms with Gasteiger partial charge in [-0.25, -0.2) is 4.98 Å². The van der Waals surface area contributed by atoms with Gasteiger partial charge in [0, 0.05) is 37.1 Å². The van der Waals surface area contributed by atoms with E-state index in [-0.39, 0.29) is 5.91 Å². The molecule has 0 atom stereocenters. The normalized spacial score (nSPS) is 13.0. The fourth-order valence-corrected chi connectivity index (χ4v) is 4.13. The fraction of sp³-hybridized carbons (Fsp3) is 0.240. The quantitative estimate of drug-likeness (QED) is 0.520. The van der Waals surface area contributed by atoms with Crippen molar-refractivity contribution >= 4 is 5.91 Å². The molecule has 1 amide bonds. The standard InChI is InChI=1S/C25H25N5O/c31-25(26-16-21-18-29-14-4-3-8-24(29)28-21)23-7-2-1-6-22(23)20-11-9-19(10-12-20)17-30-15-5-13-27-30/h1-2,5-7,9-13,15,18H,3-4,8,14,16-17H2,(H,26,31). The second-order valence-corrected chi connectivity index (χ2v) is 7.93. The number of carbonyl (C=O) groups is 1. The minimum Gasteiger partial charge on any atom is -0.346 e. The average molecular weight is 412 g/mol. The molecule has 1 aliphatic rings. The van der Waals surface area contributed by atoms with Crippen LogP contribution in [0.2, 0.25) is 0 Å². The summed E-state index contributed by atoms with van der Waals surface area (Å²) in [5.41, 5.74) is 4.71. The molecule has 156 valence electrons. The van der Waals surface area contributed by atoms with Crippen LogP contribution in [0.15, 0.2) is 73.2 Å². The molecular formula is C25H25N5O. The first-order valence-electron chi connectivity index (χ1n) is 10.8. The molecule has 3 heterocycles. The van der Waals surface area contributed by atoms with Crippen molar-refractivity contribution in [1.82, 2.24) is 24.6 Å². The van der Waals surface area contributed by atoms with Crippen LogP contribution in [-0.4, -0.2) is 25.2 Å². The van der Waals surface area contributed by atoms with Crippen molar-refractivity contribution in [3.8, 4) is 11.1 Å². The lowest BCUT2D eigenvalue weighted by Crippen LogP contribution is -2.23. The second kappa shape index (κ2) is 8.60. The van der Waals surface area contributed by atoms with Crippen LogP contribution in [0, 0.1) is 0 Å². The highest BCUT2D eigenvalue weighted by Crippen LogP contribution is 2.24. The maximum atomic E-state index is 13.0. The zero-order chi connectivity index (χ0) is 21.0. The third-order valence-corrected chi connectivity index (χ3v) is 5.73. The highest BCUT2D eigenvalue weighted by Gasteiger charge is 2.15. The summed E-state index contributed by atoms with van der Waals surface area (Å²) in [7, 11) is 0. The number of carbonyl (C=O) groups excluding carboxylic acids is 1. The van der Waals surface area contributed by atoms with Crippen molar-refractivity contribution < 1.29 is 4.79 Å². The molecule has 6 nitrogen and oxygen atoms in total. The molecule has 0 unspecified atom stereocenters. The van der Waals surface area contributed by atoms with E-state index in [1.54, 1.807) is 6.20 Å². The van der Waals surface area contributed by atoms with E-state index in [0.717, 1.165) is 47.7 Å². The van der Waals surface area contributed by atoms with Gasteiger partial charge in [-0.05, 0) is 41.7 Å². The number of rotatable bonds is 6. The topological polar surface area (TPSA) is 64.7 Å². The molecule has 2 aromatic carbocycles. The molecule has 31 heavy (non-hydrogen) atoms. The molecule has 1 N–H and O–H groups in total. The Morgan fingerprint density at radius 3 is 2.71 bits per heavy atom. The van der Waals surface area contributed by atoms with E-state index in [1.807, 2.05) is 41.2 Å². The highest BCUT2D eigenvalue weighted by molar-refractivity contribution is 6.00. The first kappa shape index (κ1) is 19.3. The van der Waals surface area contributed by atoms with Gasteiger partial charge in [-0.3, -0.25) is 9.48 Å². The Morgan fingerprint density at radius 2 is 1.90 bits per heavy atom. The summed E-state index contributed by atoms with van der Waals surface area (Å²) in [5.74, 6) is 1.05. The largest absolute Gasteiger partial charge is 0.346 e. The van der Waals surface area contributed by atoms with E-state index in [1.165, 1.54) is 12.8 Å². The Hall–Kier alpha value is -3.67. The van der Waals surface area contributed by atoms with Gasteiger partial charge in [0.2, 0.25) is 0 Å². The fourth-order valence-electron chi connectivity index (χ4n) is 4.13. The third kappa shape index (κ3) is 4.28. The number of aryl methyl sites for hydroxylation is 2. The first-order chi connectivity index (χ1) is 15.3. The zero-order valence-electron chi connectivity index (χ0n) is 17.4. The van der Waals surface area contributed by atoms with Gasteiger partial charge in [-0.1, -0.05) is 42.5 Å². The van der Waals surface area contributed by atoms with Gasteiger partial charge in [0.25, 0.3) is 5.91 Å². The van der Waals surface area contributed by atoms with Gasteiger partial charge < -0.3 is 9.88 Å². The van der Waals surface area contributed by atoms with Crippen molar-refractivity contribution in [3.05, 3.63) is 95.8 Å². The van der Waals surface area contributed by atoms with Crippen molar-refractivity contribution in [2.45, 2.75) is 38.9 Å². The van der Waals surface area contributed by atoms with Crippen molar-refractivity contribution in [3.63, 3.8) is 0 Å². The molecule has 0 spiro atoms. The average Bonchev–Trinajstić information content (AvgIpc) is 3.47. The predicted octanol–water partition coefficient (Wildman–Crippen LogP) is 4.06. The molecule has 6 heteroatoms. The number of nitrogens with zero attached hydrogens (tertiary/aromatic N) is 4. The molecule has 0 fully saturated rings. The number of fused-ring (bicyclic) bond motifs is 1. The maximum absolute atomic E-state index is 13.0. The van der Waals surface area contributed by atoms with Gasteiger partial charge in [-0.2, -0.15) is 5.10 Å². The third-order valence-electron chi connectivity index (χ3n) is 5.73. The van der Waals surface area contributed by atoms with Crippen LogP contribution in [-0.2, 0) is 26.1 Å². The number of amides is 1. The van der Waals surface area contributed by atoms with Gasteiger partial charge in [0.15, 0.2) is 0 Å². The van der Waals surface area contributed by atoms with E-state index in [9.17, 15) is 4.79 Å². The lowest BCUT2D eigenvalue weighted by molar-refractivity contribution is 0.0951. The lowest BCUT2D eigenvalue weighted by Gasteiger charge is -2.11. The Morgan fingerprint density at radius 1 is 1.03 bits per heavy atom. The van der Waals surface area contributed by atoms with Gasteiger partial charge in [0.05, 0.1) is 18.8 Å². The minimum atomic E-state index is -0.0813. The summed E-state index contributed by atoms with van der Waals surface area (Å²) in [4.78, 5) is 17.7. The summed E-state index contributed by atoms with van der Waals surface area (Å²) >= 11 is 0. The first-order valence-corrected chi connectivity index (χ1v) is 10.8. The van der Waals surface area contributed by atoms with Crippen LogP contribution in [0.25, 0.3) is 11.1 Å². The van der Waals surface area contributed by atoms with E-state index < -0.39 is 0 Å².